The summed E-state index contributed by atoms with van der Waals surface area (Å²) < 4.78 is 0. The maximum Gasteiger partial charge on any atom is 0.228 e. The molecule has 2 fully saturated rings. The number of nitrogens with zero attached hydrogens (tertiary/aromatic N) is 4. The number of rotatable bonds is 2. The van der Waals surface area contributed by atoms with Gasteiger partial charge in [-0.2, -0.15) is 0 Å². The Labute approximate surface area is 151 Å². The number of thiophene rings is 1. The van der Waals surface area contributed by atoms with Crippen LogP contribution in [0.5, 0.6) is 0 Å². The van der Waals surface area contributed by atoms with E-state index in [-0.39, 0.29) is 11.3 Å². The minimum absolute atomic E-state index is 0.0882. The Hall–Kier alpha value is -1.95. The van der Waals surface area contributed by atoms with Crippen LogP contribution in [0.2, 0.25) is 0 Å². The van der Waals surface area contributed by atoms with E-state index in [4.69, 9.17) is 0 Å². The van der Waals surface area contributed by atoms with E-state index in [9.17, 15) is 4.79 Å². The first-order valence-corrected chi connectivity index (χ1v) is 9.99. The normalized spacial score (nSPS) is 24.2. The van der Waals surface area contributed by atoms with Gasteiger partial charge in [0, 0.05) is 48.9 Å². The van der Waals surface area contributed by atoms with E-state index >= 15 is 0 Å². The zero-order valence-corrected chi connectivity index (χ0v) is 15.0. The number of carbonyl (C=O) groups is 1. The highest BCUT2D eigenvalue weighted by Gasteiger charge is 2.54. The molecule has 5 rings (SSSR count). The van der Waals surface area contributed by atoms with Crippen molar-refractivity contribution in [1.82, 2.24) is 14.9 Å². The second kappa shape index (κ2) is 5.80. The lowest BCUT2D eigenvalue weighted by molar-refractivity contribution is -0.141. The molecule has 1 aliphatic carbocycles. The van der Waals surface area contributed by atoms with E-state index in [1.807, 2.05) is 17.4 Å². The summed E-state index contributed by atoms with van der Waals surface area (Å²) >= 11 is 1.82. The topological polar surface area (TPSA) is 49.3 Å². The second-order valence-corrected chi connectivity index (χ2v) is 8.58. The molecular weight excluding hydrogens is 332 g/mol. The second-order valence-electron chi connectivity index (χ2n) is 7.58. The third-order valence-electron chi connectivity index (χ3n) is 6.25. The molecule has 2 aliphatic heterocycles. The molecule has 0 N–H and O–H groups in total. The van der Waals surface area contributed by atoms with Crippen LogP contribution in [0.15, 0.2) is 29.9 Å². The van der Waals surface area contributed by atoms with E-state index in [1.165, 1.54) is 16.9 Å². The monoisotopic (exact) mass is 354 g/mol. The summed E-state index contributed by atoms with van der Waals surface area (Å²) in [5, 5.41) is 2.15. The van der Waals surface area contributed by atoms with Crippen LogP contribution in [0.1, 0.15) is 29.7 Å². The lowest BCUT2D eigenvalue weighted by atomic mass is 9.62. The molecule has 1 saturated carbocycles. The van der Waals surface area contributed by atoms with Gasteiger partial charge >= 0.3 is 0 Å². The molecule has 0 aromatic carbocycles. The Kier molecular flexibility index (Phi) is 3.55. The van der Waals surface area contributed by atoms with E-state index < -0.39 is 0 Å². The molecule has 6 heteroatoms. The van der Waals surface area contributed by atoms with Gasteiger partial charge in [0.15, 0.2) is 0 Å². The number of anilines is 1. The molecule has 4 heterocycles. The van der Waals surface area contributed by atoms with Crippen LogP contribution >= 0.6 is 11.3 Å². The molecular formula is C19H22N4OS. The van der Waals surface area contributed by atoms with E-state index in [1.54, 1.807) is 12.4 Å². The van der Waals surface area contributed by atoms with Gasteiger partial charge in [0.1, 0.15) is 0 Å². The van der Waals surface area contributed by atoms with Crippen molar-refractivity contribution in [2.45, 2.75) is 32.2 Å². The Balaban J connectivity index is 1.38. The molecule has 0 bridgehead atoms. The number of fused-ring (bicyclic) bond motifs is 1. The Bertz CT molecular complexity index is 786. The standard InChI is InChI=1S/C19H22N4OS/c24-17(22-9-3-16-14(11-22)4-10-25-16)15-12-23(13-19(15)5-1-6-19)18-20-7-2-8-21-18/h2,4,7-8,10,15H,1,3,5-6,9,11-13H2. The Morgan fingerprint density at radius 1 is 1.28 bits per heavy atom. The third kappa shape index (κ3) is 2.46. The lowest BCUT2D eigenvalue weighted by Crippen LogP contribution is -2.48. The van der Waals surface area contributed by atoms with Crippen molar-refractivity contribution < 1.29 is 4.79 Å². The highest BCUT2D eigenvalue weighted by molar-refractivity contribution is 7.10. The molecule has 2 aromatic heterocycles. The van der Waals surface area contributed by atoms with Gasteiger partial charge in [-0.25, -0.2) is 9.97 Å². The molecule has 1 amide bonds. The number of hydrogen-bond donors (Lipinski definition) is 0. The van der Waals surface area contributed by atoms with Gasteiger partial charge in [-0.05, 0) is 42.3 Å². The number of hydrogen-bond acceptors (Lipinski definition) is 5. The Morgan fingerprint density at radius 2 is 2.12 bits per heavy atom. The smallest absolute Gasteiger partial charge is 0.228 e. The van der Waals surface area contributed by atoms with Crippen LogP contribution in [0.25, 0.3) is 0 Å². The molecule has 1 unspecified atom stereocenters. The van der Waals surface area contributed by atoms with Crippen LogP contribution in [0.3, 0.4) is 0 Å². The third-order valence-corrected chi connectivity index (χ3v) is 7.27. The fourth-order valence-electron chi connectivity index (χ4n) is 4.71. The molecule has 130 valence electrons. The highest BCUT2D eigenvalue weighted by atomic mass is 32.1. The van der Waals surface area contributed by atoms with Crippen molar-refractivity contribution in [3.8, 4) is 0 Å². The maximum atomic E-state index is 13.4. The van der Waals surface area contributed by atoms with Gasteiger partial charge in [-0.3, -0.25) is 4.79 Å². The lowest BCUT2D eigenvalue weighted by Gasteiger charge is -2.43. The van der Waals surface area contributed by atoms with Gasteiger partial charge in [0.25, 0.3) is 0 Å². The first kappa shape index (κ1) is 15.3. The summed E-state index contributed by atoms with van der Waals surface area (Å²) in [4.78, 5) is 28.0. The van der Waals surface area contributed by atoms with Gasteiger partial charge in [0.2, 0.25) is 11.9 Å². The average molecular weight is 354 g/mol. The summed E-state index contributed by atoms with van der Waals surface area (Å²) in [6.07, 6.45) is 8.13. The first-order valence-electron chi connectivity index (χ1n) is 9.11. The molecule has 25 heavy (non-hydrogen) atoms. The summed E-state index contributed by atoms with van der Waals surface area (Å²) in [6.45, 7) is 3.33. The SMILES string of the molecule is O=C(C1CN(c2ncccn2)CC12CCC2)N1CCc2sccc2C1. The molecule has 1 spiro atoms. The van der Waals surface area contributed by atoms with Crippen LogP contribution < -0.4 is 4.90 Å². The van der Waals surface area contributed by atoms with Gasteiger partial charge in [-0.15, -0.1) is 11.3 Å². The molecule has 0 radical (unpaired) electrons. The van der Waals surface area contributed by atoms with Crippen molar-refractivity contribution in [2.24, 2.45) is 11.3 Å². The largest absolute Gasteiger partial charge is 0.339 e. The van der Waals surface area contributed by atoms with Crippen molar-refractivity contribution >= 4 is 23.2 Å². The predicted octanol–water partition coefficient (Wildman–Crippen LogP) is 2.73. The zero-order valence-electron chi connectivity index (χ0n) is 14.2. The summed E-state index contributed by atoms with van der Waals surface area (Å²) in [5.41, 5.74) is 1.49. The molecule has 1 saturated heterocycles. The van der Waals surface area contributed by atoms with Crippen LogP contribution in [0, 0.1) is 11.3 Å². The number of aromatic nitrogens is 2. The zero-order chi connectivity index (χ0) is 16.9. The average Bonchev–Trinajstić information content (AvgIpc) is 3.25. The van der Waals surface area contributed by atoms with E-state index in [2.05, 4.69) is 31.2 Å². The molecule has 5 nitrogen and oxygen atoms in total. The quantitative estimate of drug-likeness (QED) is 0.832. The van der Waals surface area contributed by atoms with Gasteiger partial charge in [0.05, 0.1) is 5.92 Å². The van der Waals surface area contributed by atoms with Crippen molar-refractivity contribution in [2.75, 3.05) is 24.5 Å². The predicted molar refractivity (Wildman–Crippen MR) is 97.5 cm³/mol. The van der Waals surface area contributed by atoms with Crippen LogP contribution in [0.4, 0.5) is 5.95 Å². The van der Waals surface area contributed by atoms with Gasteiger partial charge in [-0.1, -0.05) is 6.42 Å². The summed E-state index contributed by atoms with van der Waals surface area (Å²) in [5.74, 6) is 1.20. The van der Waals surface area contributed by atoms with Crippen molar-refractivity contribution in [1.29, 1.82) is 0 Å². The number of carbonyl (C=O) groups excluding carboxylic acids is 1. The fourth-order valence-corrected chi connectivity index (χ4v) is 5.60. The number of amides is 1. The van der Waals surface area contributed by atoms with Gasteiger partial charge < -0.3 is 9.80 Å². The van der Waals surface area contributed by atoms with Crippen molar-refractivity contribution in [3.63, 3.8) is 0 Å². The molecule has 1 atom stereocenters. The first-order chi connectivity index (χ1) is 12.3. The van der Waals surface area contributed by atoms with Crippen molar-refractivity contribution in [3.05, 3.63) is 40.3 Å². The minimum atomic E-state index is 0.0882. The summed E-state index contributed by atoms with van der Waals surface area (Å²) in [6, 6.07) is 4.02. The minimum Gasteiger partial charge on any atom is -0.339 e. The Morgan fingerprint density at radius 3 is 2.88 bits per heavy atom. The summed E-state index contributed by atoms with van der Waals surface area (Å²) in [7, 11) is 0. The fraction of sp³-hybridized carbons (Fsp3) is 0.526. The molecule has 3 aliphatic rings. The maximum absolute atomic E-state index is 13.4. The van der Waals surface area contributed by atoms with Crippen LogP contribution in [-0.4, -0.2) is 40.4 Å². The highest BCUT2D eigenvalue weighted by Crippen LogP contribution is 2.52. The van der Waals surface area contributed by atoms with Crippen LogP contribution in [-0.2, 0) is 17.8 Å². The van der Waals surface area contributed by atoms with E-state index in [0.29, 0.717) is 5.91 Å². The van der Waals surface area contributed by atoms with E-state index in [0.717, 1.165) is 51.4 Å². The molecule has 2 aromatic rings.